The molecule has 2 heteroatoms. The second kappa shape index (κ2) is 6.45. The second-order valence-corrected chi connectivity index (χ2v) is 5.56. The maximum Gasteiger partial charge on any atom is 0.0484 e. The first-order chi connectivity index (χ1) is 9.15. The first kappa shape index (κ1) is 14.4. The van der Waals surface area contributed by atoms with Gasteiger partial charge < -0.3 is 0 Å². The van der Waals surface area contributed by atoms with E-state index in [0.717, 1.165) is 40.4 Å². The van der Waals surface area contributed by atoms with E-state index >= 15 is 0 Å². The number of rotatable bonds is 4. The largest absolute Gasteiger partial charge is 0.0843 e. The summed E-state index contributed by atoms with van der Waals surface area (Å²) < 4.78 is 0. The average molecular weight is 293 g/mol. The molecule has 2 aromatic carbocycles. The SMILES string of the molecule is CCCc1ccc(Cl)cc1-c1cc(CC)ccc1Cl. The quantitative estimate of drug-likeness (QED) is 0.631. The first-order valence-corrected chi connectivity index (χ1v) is 7.48. The van der Waals surface area contributed by atoms with Gasteiger partial charge in [0.1, 0.15) is 0 Å². The summed E-state index contributed by atoms with van der Waals surface area (Å²) in [5, 5.41) is 1.55. The van der Waals surface area contributed by atoms with Gasteiger partial charge >= 0.3 is 0 Å². The Bertz CT molecular complexity index is 573. The molecule has 19 heavy (non-hydrogen) atoms. The van der Waals surface area contributed by atoms with Crippen molar-refractivity contribution in [3.8, 4) is 11.1 Å². The Morgan fingerprint density at radius 3 is 2.37 bits per heavy atom. The zero-order chi connectivity index (χ0) is 13.8. The van der Waals surface area contributed by atoms with E-state index in [1.807, 2.05) is 18.2 Å². The van der Waals surface area contributed by atoms with Crippen LogP contribution in [0, 0.1) is 0 Å². The second-order valence-electron chi connectivity index (χ2n) is 4.72. The smallest absolute Gasteiger partial charge is 0.0484 e. The first-order valence-electron chi connectivity index (χ1n) is 6.73. The van der Waals surface area contributed by atoms with Crippen molar-refractivity contribution in [2.45, 2.75) is 33.1 Å². The predicted octanol–water partition coefficient (Wildman–Crippen LogP) is 6.18. The summed E-state index contributed by atoms with van der Waals surface area (Å²) in [5.74, 6) is 0. The molecule has 0 spiro atoms. The molecule has 2 rings (SSSR count). The summed E-state index contributed by atoms with van der Waals surface area (Å²) >= 11 is 12.5. The molecule has 0 nitrogen and oxygen atoms in total. The van der Waals surface area contributed by atoms with Gasteiger partial charge in [-0.05, 0) is 53.8 Å². The van der Waals surface area contributed by atoms with Crippen LogP contribution in [-0.2, 0) is 12.8 Å². The van der Waals surface area contributed by atoms with E-state index < -0.39 is 0 Å². The molecule has 0 saturated heterocycles. The summed E-state index contributed by atoms with van der Waals surface area (Å²) in [6.07, 6.45) is 3.16. The fourth-order valence-corrected chi connectivity index (χ4v) is 2.68. The highest BCUT2D eigenvalue weighted by atomic mass is 35.5. The van der Waals surface area contributed by atoms with Crippen molar-refractivity contribution in [3.05, 3.63) is 57.6 Å². The molecule has 0 radical (unpaired) electrons. The van der Waals surface area contributed by atoms with Crippen LogP contribution in [-0.4, -0.2) is 0 Å². The van der Waals surface area contributed by atoms with E-state index in [1.165, 1.54) is 11.1 Å². The van der Waals surface area contributed by atoms with Crippen LogP contribution in [0.15, 0.2) is 36.4 Å². The van der Waals surface area contributed by atoms with E-state index in [2.05, 4.69) is 32.0 Å². The molecule has 0 amide bonds. The lowest BCUT2D eigenvalue weighted by Gasteiger charge is -2.12. The summed E-state index contributed by atoms with van der Waals surface area (Å²) in [4.78, 5) is 0. The molecule has 0 N–H and O–H groups in total. The van der Waals surface area contributed by atoms with Gasteiger partial charge in [-0.3, -0.25) is 0 Å². The predicted molar refractivity (Wildman–Crippen MR) is 85.3 cm³/mol. The molecule has 0 aliphatic carbocycles. The minimum Gasteiger partial charge on any atom is -0.0843 e. The lowest BCUT2D eigenvalue weighted by Crippen LogP contribution is -1.92. The summed E-state index contributed by atoms with van der Waals surface area (Å²) in [7, 11) is 0. The maximum absolute atomic E-state index is 6.37. The highest BCUT2D eigenvalue weighted by Gasteiger charge is 2.10. The molecule has 0 aliphatic heterocycles. The number of aryl methyl sites for hydroxylation is 2. The minimum absolute atomic E-state index is 0.757. The highest BCUT2D eigenvalue weighted by molar-refractivity contribution is 6.34. The van der Waals surface area contributed by atoms with Crippen LogP contribution in [0.1, 0.15) is 31.4 Å². The lowest BCUT2D eigenvalue weighted by molar-refractivity contribution is 0.923. The Morgan fingerprint density at radius 2 is 1.68 bits per heavy atom. The number of halogens is 2. The molecular weight excluding hydrogens is 275 g/mol. The van der Waals surface area contributed by atoms with Crippen molar-refractivity contribution in [2.24, 2.45) is 0 Å². The fourth-order valence-electron chi connectivity index (χ4n) is 2.29. The van der Waals surface area contributed by atoms with Gasteiger partial charge in [-0.1, -0.05) is 55.6 Å². The molecular formula is C17H18Cl2. The highest BCUT2D eigenvalue weighted by Crippen LogP contribution is 2.34. The minimum atomic E-state index is 0.757. The lowest BCUT2D eigenvalue weighted by atomic mass is 9.95. The Labute approximate surface area is 125 Å². The zero-order valence-electron chi connectivity index (χ0n) is 11.3. The topological polar surface area (TPSA) is 0 Å². The summed E-state index contributed by atoms with van der Waals surface area (Å²) in [5.41, 5.74) is 4.85. The molecule has 0 heterocycles. The third-order valence-corrected chi connectivity index (χ3v) is 3.89. The Morgan fingerprint density at radius 1 is 0.895 bits per heavy atom. The normalized spacial score (nSPS) is 10.7. The van der Waals surface area contributed by atoms with Crippen molar-refractivity contribution < 1.29 is 0 Å². The van der Waals surface area contributed by atoms with Crippen LogP contribution in [0.25, 0.3) is 11.1 Å². The van der Waals surface area contributed by atoms with E-state index in [1.54, 1.807) is 0 Å². The summed E-state index contributed by atoms with van der Waals surface area (Å²) in [6.45, 7) is 4.33. The monoisotopic (exact) mass is 292 g/mol. The molecule has 0 bridgehead atoms. The Balaban J connectivity index is 2.59. The molecule has 0 unspecified atom stereocenters. The number of benzene rings is 2. The van der Waals surface area contributed by atoms with Crippen LogP contribution in [0.3, 0.4) is 0 Å². The van der Waals surface area contributed by atoms with E-state index in [-0.39, 0.29) is 0 Å². The van der Waals surface area contributed by atoms with Crippen molar-refractivity contribution in [2.75, 3.05) is 0 Å². The fraction of sp³-hybridized carbons (Fsp3) is 0.294. The Kier molecular flexibility index (Phi) is 4.90. The van der Waals surface area contributed by atoms with Gasteiger partial charge in [-0.15, -0.1) is 0 Å². The van der Waals surface area contributed by atoms with Gasteiger partial charge in [-0.25, -0.2) is 0 Å². The standard InChI is InChI=1S/C17H18Cl2/c1-3-5-13-7-8-14(18)11-15(13)16-10-12(4-2)6-9-17(16)19/h6-11H,3-5H2,1-2H3. The third kappa shape index (κ3) is 3.32. The van der Waals surface area contributed by atoms with Gasteiger partial charge in [0.2, 0.25) is 0 Å². The van der Waals surface area contributed by atoms with Gasteiger partial charge in [-0.2, -0.15) is 0 Å². The van der Waals surface area contributed by atoms with Crippen molar-refractivity contribution in [1.82, 2.24) is 0 Å². The maximum atomic E-state index is 6.37. The number of hydrogen-bond donors (Lipinski definition) is 0. The van der Waals surface area contributed by atoms with Crippen molar-refractivity contribution in [3.63, 3.8) is 0 Å². The molecule has 100 valence electrons. The van der Waals surface area contributed by atoms with Crippen LogP contribution in [0.5, 0.6) is 0 Å². The van der Waals surface area contributed by atoms with Crippen molar-refractivity contribution >= 4 is 23.2 Å². The Hall–Kier alpha value is -0.980. The molecule has 0 saturated carbocycles. The van der Waals surface area contributed by atoms with E-state index in [9.17, 15) is 0 Å². The molecule has 0 atom stereocenters. The van der Waals surface area contributed by atoms with Gasteiger partial charge in [0, 0.05) is 15.6 Å². The molecule has 0 aromatic heterocycles. The van der Waals surface area contributed by atoms with Crippen LogP contribution in [0.4, 0.5) is 0 Å². The average Bonchev–Trinajstić information content (AvgIpc) is 2.42. The molecule has 0 aliphatic rings. The zero-order valence-corrected chi connectivity index (χ0v) is 12.9. The van der Waals surface area contributed by atoms with Crippen LogP contribution < -0.4 is 0 Å². The van der Waals surface area contributed by atoms with E-state index in [0.29, 0.717) is 0 Å². The van der Waals surface area contributed by atoms with E-state index in [4.69, 9.17) is 23.2 Å². The van der Waals surface area contributed by atoms with Crippen LogP contribution >= 0.6 is 23.2 Å². The molecule has 2 aromatic rings. The van der Waals surface area contributed by atoms with Gasteiger partial charge in [0.25, 0.3) is 0 Å². The third-order valence-electron chi connectivity index (χ3n) is 3.32. The molecule has 0 fully saturated rings. The van der Waals surface area contributed by atoms with Gasteiger partial charge in [0.15, 0.2) is 0 Å². The number of hydrogen-bond acceptors (Lipinski definition) is 0. The van der Waals surface area contributed by atoms with Crippen molar-refractivity contribution in [1.29, 1.82) is 0 Å². The summed E-state index contributed by atoms with van der Waals surface area (Å²) in [6, 6.07) is 12.3. The van der Waals surface area contributed by atoms with Crippen LogP contribution in [0.2, 0.25) is 10.0 Å². The van der Waals surface area contributed by atoms with Gasteiger partial charge in [0.05, 0.1) is 0 Å².